The van der Waals surface area contributed by atoms with Crippen molar-refractivity contribution in [3.8, 4) is 5.69 Å². The van der Waals surface area contributed by atoms with Crippen LogP contribution in [-0.4, -0.2) is 67.5 Å². The molecular formula is C19H24N6O2. The molecule has 3 aliphatic rings. The summed E-state index contributed by atoms with van der Waals surface area (Å²) < 4.78 is 1.58. The Bertz CT molecular complexity index is 804. The summed E-state index contributed by atoms with van der Waals surface area (Å²) in [5, 5.41) is 11.1. The maximum absolute atomic E-state index is 12.9. The lowest BCUT2D eigenvalue weighted by Crippen LogP contribution is -2.48. The summed E-state index contributed by atoms with van der Waals surface area (Å²) in [6.07, 6.45) is 4.73. The number of carbonyl (C=O) groups is 2. The van der Waals surface area contributed by atoms with Gasteiger partial charge in [-0.25, -0.2) is 4.68 Å². The molecule has 5 rings (SSSR count). The van der Waals surface area contributed by atoms with Crippen LogP contribution in [0.25, 0.3) is 5.69 Å². The van der Waals surface area contributed by atoms with Crippen LogP contribution in [0.15, 0.2) is 30.6 Å². The Morgan fingerprint density at radius 2 is 2.00 bits per heavy atom. The Morgan fingerprint density at radius 1 is 1.19 bits per heavy atom. The maximum atomic E-state index is 12.9. The van der Waals surface area contributed by atoms with Crippen LogP contribution < -0.4 is 0 Å². The molecule has 0 radical (unpaired) electrons. The van der Waals surface area contributed by atoms with Crippen molar-refractivity contribution in [2.45, 2.75) is 38.6 Å². The highest BCUT2D eigenvalue weighted by molar-refractivity contribution is 5.84. The van der Waals surface area contributed by atoms with Crippen LogP contribution in [0.2, 0.25) is 0 Å². The van der Waals surface area contributed by atoms with Crippen molar-refractivity contribution < 1.29 is 9.59 Å². The van der Waals surface area contributed by atoms with Crippen LogP contribution in [0.4, 0.5) is 0 Å². The van der Waals surface area contributed by atoms with Crippen molar-refractivity contribution in [3.05, 3.63) is 36.2 Å². The van der Waals surface area contributed by atoms with Crippen molar-refractivity contribution >= 4 is 11.8 Å². The first kappa shape index (κ1) is 17.6. The number of rotatable bonds is 5. The Kier molecular flexibility index (Phi) is 4.87. The van der Waals surface area contributed by atoms with Gasteiger partial charge in [0.2, 0.25) is 11.8 Å². The molecule has 4 heterocycles. The number of fused-ring (bicyclic) bond motifs is 4. The second kappa shape index (κ2) is 7.46. The fraction of sp³-hybridized carbons (Fsp3) is 0.526. The van der Waals surface area contributed by atoms with Gasteiger partial charge in [-0.3, -0.25) is 9.59 Å². The number of hydrogen-bond acceptors (Lipinski definition) is 5. The number of nitrogens with zero attached hydrogens (tertiary/aromatic N) is 6. The van der Waals surface area contributed by atoms with E-state index in [1.54, 1.807) is 4.68 Å². The molecule has 3 saturated heterocycles. The minimum atomic E-state index is -0.0403. The van der Waals surface area contributed by atoms with Gasteiger partial charge in [-0.15, -0.1) is 5.10 Å². The van der Waals surface area contributed by atoms with Crippen molar-refractivity contribution in [3.63, 3.8) is 0 Å². The van der Waals surface area contributed by atoms with E-state index >= 15 is 0 Å². The van der Waals surface area contributed by atoms with Crippen LogP contribution in [0, 0.1) is 5.92 Å². The molecule has 0 unspecified atom stereocenters. The van der Waals surface area contributed by atoms with Crippen LogP contribution in [-0.2, 0) is 16.0 Å². The lowest BCUT2D eigenvalue weighted by molar-refractivity contribution is -0.139. The van der Waals surface area contributed by atoms with Crippen molar-refractivity contribution in [2.24, 2.45) is 5.92 Å². The summed E-state index contributed by atoms with van der Waals surface area (Å²) in [6.45, 7) is 4.09. The predicted molar refractivity (Wildman–Crippen MR) is 98.0 cm³/mol. The molecule has 0 N–H and O–H groups in total. The highest BCUT2D eigenvalue weighted by Gasteiger charge is 2.41. The van der Waals surface area contributed by atoms with Gasteiger partial charge < -0.3 is 9.80 Å². The lowest BCUT2D eigenvalue weighted by atomic mass is 9.94. The molecule has 27 heavy (non-hydrogen) atoms. The summed E-state index contributed by atoms with van der Waals surface area (Å²) in [5.74, 6) is 0.281. The van der Waals surface area contributed by atoms with Crippen LogP contribution in [0.1, 0.15) is 31.7 Å². The molecule has 2 atom stereocenters. The van der Waals surface area contributed by atoms with Crippen LogP contribution in [0.5, 0.6) is 0 Å². The van der Waals surface area contributed by atoms with Crippen molar-refractivity contribution in [1.82, 2.24) is 30.0 Å². The molecule has 2 amide bonds. The second-order valence-corrected chi connectivity index (χ2v) is 7.36. The van der Waals surface area contributed by atoms with Gasteiger partial charge in [-0.05, 0) is 47.4 Å². The number of amides is 2. The molecule has 8 heteroatoms. The molecule has 3 aliphatic heterocycles. The summed E-state index contributed by atoms with van der Waals surface area (Å²) in [4.78, 5) is 29.4. The Hall–Kier alpha value is -2.77. The molecule has 2 aromatic rings. The molecule has 2 bridgehead atoms. The van der Waals surface area contributed by atoms with Gasteiger partial charge in [-0.2, -0.15) is 0 Å². The van der Waals surface area contributed by atoms with Gasteiger partial charge >= 0.3 is 0 Å². The fourth-order valence-corrected chi connectivity index (χ4v) is 4.11. The van der Waals surface area contributed by atoms with E-state index in [4.69, 9.17) is 0 Å². The average molecular weight is 368 g/mol. The fourth-order valence-electron chi connectivity index (χ4n) is 4.11. The van der Waals surface area contributed by atoms with Gasteiger partial charge in [0, 0.05) is 25.7 Å². The molecular weight excluding hydrogens is 344 g/mol. The van der Waals surface area contributed by atoms with E-state index in [0.29, 0.717) is 19.5 Å². The van der Waals surface area contributed by atoms with E-state index in [-0.39, 0.29) is 23.8 Å². The molecule has 3 fully saturated rings. The highest BCUT2D eigenvalue weighted by atomic mass is 16.2. The monoisotopic (exact) mass is 368 g/mol. The lowest BCUT2D eigenvalue weighted by Gasteiger charge is -2.35. The van der Waals surface area contributed by atoms with Gasteiger partial charge in [0.25, 0.3) is 0 Å². The number of piperidine rings is 1. The molecule has 0 aliphatic carbocycles. The summed E-state index contributed by atoms with van der Waals surface area (Å²) in [7, 11) is 0. The standard InChI is InChI=1S/C19H24N6O2/c1-2-9-24-17-8-5-15(19(24)27)11-23(12-17)18(26)10-14-3-6-16(7-4-14)25-13-20-21-22-25/h3-4,6-7,13,15,17H,2,5,8-12H2,1H3/t15-,17+/m1/s1. The molecule has 0 spiro atoms. The zero-order chi connectivity index (χ0) is 18.8. The average Bonchev–Trinajstić information content (AvgIpc) is 3.08. The minimum Gasteiger partial charge on any atom is -0.340 e. The van der Waals surface area contributed by atoms with E-state index in [2.05, 4.69) is 22.4 Å². The third kappa shape index (κ3) is 3.56. The van der Waals surface area contributed by atoms with Gasteiger partial charge in [0.1, 0.15) is 6.33 Å². The molecule has 1 aromatic heterocycles. The van der Waals surface area contributed by atoms with E-state index in [1.165, 1.54) is 6.33 Å². The van der Waals surface area contributed by atoms with E-state index in [0.717, 1.165) is 37.1 Å². The first-order valence-electron chi connectivity index (χ1n) is 9.56. The summed E-state index contributed by atoms with van der Waals surface area (Å²) in [5.41, 5.74) is 1.80. The number of hydrogen-bond donors (Lipinski definition) is 0. The molecule has 0 saturated carbocycles. The highest BCUT2D eigenvalue weighted by Crippen LogP contribution is 2.29. The zero-order valence-electron chi connectivity index (χ0n) is 15.5. The van der Waals surface area contributed by atoms with Crippen molar-refractivity contribution in [2.75, 3.05) is 19.6 Å². The predicted octanol–water partition coefficient (Wildman–Crippen LogP) is 1.06. The second-order valence-electron chi connectivity index (χ2n) is 7.36. The first-order chi connectivity index (χ1) is 13.2. The third-order valence-corrected chi connectivity index (χ3v) is 5.52. The number of benzene rings is 1. The Labute approximate surface area is 158 Å². The summed E-state index contributed by atoms with van der Waals surface area (Å²) >= 11 is 0. The molecule has 142 valence electrons. The maximum Gasteiger partial charge on any atom is 0.227 e. The quantitative estimate of drug-likeness (QED) is 0.788. The van der Waals surface area contributed by atoms with Crippen molar-refractivity contribution in [1.29, 1.82) is 0 Å². The van der Waals surface area contributed by atoms with E-state index < -0.39 is 0 Å². The number of tetrazole rings is 1. The Morgan fingerprint density at radius 3 is 2.70 bits per heavy atom. The normalized spacial score (nSPS) is 22.2. The number of carbonyl (C=O) groups excluding carboxylic acids is 2. The SMILES string of the molecule is CCCN1C(=O)[C@@H]2CC[C@H]1CN(C(=O)Cc1ccc(-n3cnnn3)cc1)C2. The minimum absolute atomic E-state index is 0.0403. The topological polar surface area (TPSA) is 84.2 Å². The molecule has 1 aromatic carbocycles. The largest absolute Gasteiger partial charge is 0.340 e. The third-order valence-electron chi connectivity index (χ3n) is 5.52. The Balaban J connectivity index is 1.43. The molecule has 8 nitrogen and oxygen atoms in total. The van der Waals surface area contributed by atoms with Crippen LogP contribution in [0.3, 0.4) is 0 Å². The first-order valence-corrected chi connectivity index (χ1v) is 9.56. The summed E-state index contributed by atoms with van der Waals surface area (Å²) in [6, 6.07) is 7.82. The van der Waals surface area contributed by atoms with Gasteiger partial charge in [-0.1, -0.05) is 19.1 Å². The van der Waals surface area contributed by atoms with Gasteiger partial charge in [0.05, 0.1) is 18.0 Å². The van der Waals surface area contributed by atoms with Crippen LogP contribution >= 0.6 is 0 Å². The smallest absolute Gasteiger partial charge is 0.227 e. The number of aromatic nitrogens is 4. The zero-order valence-corrected chi connectivity index (χ0v) is 15.5. The van der Waals surface area contributed by atoms with E-state index in [1.807, 2.05) is 34.1 Å². The van der Waals surface area contributed by atoms with E-state index in [9.17, 15) is 9.59 Å². The van der Waals surface area contributed by atoms with Gasteiger partial charge in [0.15, 0.2) is 0 Å².